The molecule has 32 heavy (non-hydrogen) atoms. The van der Waals surface area contributed by atoms with Crippen molar-refractivity contribution in [3.8, 4) is 17.1 Å². The zero-order valence-electron chi connectivity index (χ0n) is 18.5. The van der Waals surface area contributed by atoms with Gasteiger partial charge in [-0.15, -0.1) is 0 Å². The lowest BCUT2D eigenvalue weighted by atomic mass is 10.0. The number of hydrogen-bond acceptors (Lipinski definition) is 6. The Morgan fingerprint density at radius 3 is 2.66 bits per heavy atom. The van der Waals surface area contributed by atoms with Crippen LogP contribution in [0.3, 0.4) is 0 Å². The fourth-order valence-corrected chi connectivity index (χ4v) is 3.66. The molecule has 2 heterocycles. The molecule has 0 aliphatic rings. The molecule has 0 amide bonds. The first-order valence-electron chi connectivity index (χ1n) is 10.9. The van der Waals surface area contributed by atoms with Crippen LogP contribution in [-0.2, 0) is 16.0 Å². The Bertz CT molecular complexity index is 1280. The Morgan fingerprint density at radius 2 is 1.91 bits per heavy atom. The summed E-state index contributed by atoms with van der Waals surface area (Å²) < 4.78 is 22.6. The molecular formula is C26H26O6. The molecule has 0 saturated carbocycles. The summed E-state index contributed by atoms with van der Waals surface area (Å²) in [6, 6.07) is 12.9. The molecule has 0 fully saturated rings. The van der Waals surface area contributed by atoms with Gasteiger partial charge in [0.05, 0.1) is 12.0 Å². The maximum atomic E-state index is 13.3. The second-order valence-corrected chi connectivity index (χ2v) is 7.70. The highest BCUT2D eigenvalue weighted by atomic mass is 16.6. The minimum Gasteiger partial charge on any atom is -0.479 e. The number of para-hydroxylation sites is 1. The van der Waals surface area contributed by atoms with Gasteiger partial charge in [0.2, 0.25) is 5.43 Å². The van der Waals surface area contributed by atoms with Crippen LogP contribution in [0.15, 0.2) is 62.4 Å². The molecule has 2 aromatic carbocycles. The van der Waals surface area contributed by atoms with E-state index in [2.05, 4.69) is 6.92 Å². The first kappa shape index (κ1) is 21.7. The van der Waals surface area contributed by atoms with Crippen LogP contribution in [0.1, 0.15) is 39.2 Å². The molecule has 0 bridgehead atoms. The quantitative estimate of drug-likeness (QED) is 0.322. The third kappa shape index (κ3) is 4.26. The fraction of sp³-hybridized carbons (Fsp3) is 0.308. The SMILES string of the molecule is CCCCc1cc2c(=O)c(-c3cc4ccccc4o3)coc2cc1O[C@H](C)C(=O)OCC. The molecule has 6 heteroatoms. The number of benzene rings is 2. The maximum absolute atomic E-state index is 13.3. The number of carbonyl (C=O) groups excluding carboxylic acids is 1. The third-order valence-electron chi connectivity index (χ3n) is 5.37. The second kappa shape index (κ2) is 9.30. The molecule has 0 aliphatic heterocycles. The molecule has 0 N–H and O–H groups in total. The number of carbonyl (C=O) groups is 1. The van der Waals surface area contributed by atoms with Crippen LogP contribution in [-0.4, -0.2) is 18.7 Å². The largest absolute Gasteiger partial charge is 0.479 e. The summed E-state index contributed by atoms with van der Waals surface area (Å²) in [6.45, 7) is 5.78. The van der Waals surface area contributed by atoms with Crippen molar-refractivity contribution < 1.29 is 23.1 Å². The van der Waals surface area contributed by atoms with E-state index in [-0.39, 0.29) is 12.0 Å². The number of ether oxygens (including phenoxy) is 2. The van der Waals surface area contributed by atoms with Gasteiger partial charge in [0.1, 0.15) is 34.5 Å². The Labute approximate surface area is 185 Å². The van der Waals surface area contributed by atoms with E-state index in [0.717, 1.165) is 23.8 Å². The summed E-state index contributed by atoms with van der Waals surface area (Å²) in [7, 11) is 0. The molecule has 6 nitrogen and oxygen atoms in total. The minimum absolute atomic E-state index is 0.173. The van der Waals surface area contributed by atoms with Crippen LogP contribution in [0.2, 0.25) is 0 Å². The van der Waals surface area contributed by atoms with Gasteiger partial charge in [-0.3, -0.25) is 4.79 Å². The number of hydrogen-bond donors (Lipinski definition) is 0. The molecule has 0 unspecified atom stereocenters. The molecule has 0 spiro atoms. The summed E-state index contributed by atoms with van der Waals surface area (Å²) in [5, 5.41) is 1.37. The van der Waals surface area contributed by atoms with Crippen molar-refractivity contribution in [2.75, 3.05) is 6.61 Å². The van der Waals surface area contributed by atoms with Crippen LogP contribution in [0.25, 0.3) is 33.3 Å². The number of unbranched alkanes of at least 4 members (excludes halogenated alkanes) is 1. The van der Waals surface area contributed by atoms with Gasteiger partial charge < -0.3 is 18.3 Å². The van der Waals surface area contributed by atoms with Gasteiger partial charge >= 0.3 is 5.97 Å². The van der Waals surface area contributed by atoms with Gasteiger partial charge in [0.15, 0.2) is 6.10 Å². The van der Waals surface area contributed by atoms with E-state index >= 15 is 0 Å². The standard InChI is InChI=1S/C26H26O6/c1-4-6-9-17-12-19-23(14-22(17)31-16(3)26(28)29-5-2)30-15-20(25(19)27)24-13-18-10-7-8-11-21(18)32-24/h7-8,10-16H,4-6,9H2,1-3H3/t16-/m1/s1. The predicted molar refractivity (Wildman–Crippen MR) is 123 cm³/mol. The Morgan fingerprint density at radius 1 is 1.09 bits per heavy atom. The normalized spacial score (nSPS) is 12.2. The van der Waals surface area contributed by atoms with Crippen molar-refractivity contribution in [2.24, 2.45) is 0 Å². The summed E-state index contributed by atoms with van der Waals surface area (Å²) >= 11 is 0. The molecule has 2 aromatic heterocycles. The summed E-state index contributed by atoms with van der Waals surface area (Å²) in [5.74, 6) is 0.551. The molecule has 4 aromatic rings. The van der Waals surface area contributed by atoms with Crippen LogP contribution in [0.4, 0.5) is 0 Å². The number of aryl methyl sites for hydroxylation is 1. The zero-order chi connectivity index (χ0) is 22.7. The topological polar surface area (TPSA) is 78.9 Å². The van der Waals surface area contributed by atoms with Gasteiger partial charge in [0.25, 0.3) is 0 Å². The third-order valence-corrected chi connectivity index (χ3v) is 5.37. The highest BCUT2D eigenvalue weighted by Gasteiger charge is 2.20. The molecule has 4 rings (SSSR count). The number of rotatable bonds is 8. The van der Waals surface area contributed by atoms with E-state index in [1.807, 2.05) is 30.3 Å². The minimum atomic E-state index is -0.769. The molecule has 1 atom stereocenters. The molecular weight excluding hydrogens is 408 g/mol. The van der Waals surface area contributed by atoms with Crippen LogP contribution in [0.5, 0.6) is 5.75 Å². The van der Waals surface area contributed by atoms with E-state index in [9.17, 15) is 9.59 Å². The first-order valence-corrected chi connectivity index (χ1v) is 10.9. The van der Waals surface area contributed by atoms with E-state index in [1.165, 1.54) is 6.26 Å². The first-order chi connectivity index (χ1) is 15.5. The van der Waals surface area contributed by atoms with Gasteiger partial charge in [-0.05, 0) is 50.5 Å². The highest BCUT2D eigenvalue weighted by Crippen LogP contribution is 2.31. The van der Waals surface area contributed by atoms with Crippen molar-refractivity contribution in [2.45, 2.75) is 46.1 Å². The van der Waals surface area contributed by atoms with Crippen LogP contribution < -0.4 is 10.2 Å². The smallest absolute Gasteiger partial charge is 0.347 e. The molecule has 0 radical (unpaired) electrons. The van der Waals surface area contributed by atoms with Crippen molar-refractivity contribution in [1.29, 1.82) is 0 Å². The molecule has 0 saturated heterocycles. The summed E-state index contributed by atoms with van der Waals surface area (Å²) in [6.07, 6.45) is 3.26. The van der Waals surface area contributed by atoms with E-state index in [1.54, 1.807) is 26.0 Å². The predicted octanol–water partition coefficient (Wildman–Crippen LogP) is 5.88. The van der Waals surface area contributed by atoms with Gasteiger partial charge in [-0.25, -0.2) is 4.79 Å². The van der Waals surface area contributed by atoms with Gasteiger partial charge in [-0.1, -0.05) is 31.5 Å². The van der Waals surface area contributed by atoms with Crippen molar-refractivity contribution in [3.05, 3.63) is 64.5 Å². The van der Waals surface area contributed by atoms with Crippen molar-refractivity contribution in [1.82, 2.24) is 0 Å². The van der Waals surface area contributed by atoms with Gasteiger partial charge in [0, 0.05) is 11.5 Å². The van der Waals surface area contributed by atoms with E-state index in [4.69, 9.17) is 18.3 Å². The van der Waals surface area contributed by atoms with E-state index < -0.39 is 12.1 Å². The number of furan rings is 1. The number of esters is 1. The summed E-state index contributed by atoms with van der Waals surface area (Å²) in [4.78, 5) is 25.4. The Kier molecular flexibility index (Phi) is 6.30. The summed E-state index contributed by atoms with van der Waals surface area (Å²) in [5.41, 5.74) is 2.14. The lowest BCUT2D eigenvalue weighted by Gasteiger charge is -2.17. The van der Waals surface area contributed by atoms with Crippen LogP contribution >= 0.6 is 0 Å². The second-order valence-electron chi connectivity index (χ2n) is 7.70. The average molecular weight is 434 g/mol. The maximum Gasteiger partial charge on any atom is 0.347 e. The monoisotopic (exact) mass is 434 g/mol. The zero-order valence-corrected chi connectivity index (χ0v) is 18.5. The Balaban J connectivity index is 1.78. The van der Waals surface area contributed by atoms with Gasteiger partial charge in [-0.2, -0.15) is 0 Å². The van der Waals surface area contributed by atoms with Crippen molar-refractivity contribution in [3.63, 3.8) is 0 Å². The van der Waals surface area contributed by atoms with E-state index in [0.29, 0.717) is 40.0 Å². The lowest BCUT2D eigenvalue weighted by Crippen LogP contribution is -2.26. The van der Waals surface area contributed by atoms with Crippen LogP contribution in [0, 0.1) is 0 Å². The molecule has 0 aliphatic carbocycles. The average Bonchev–Trinajstić information content (AvgIpc) is 3.22. The van der Waals surface area contributed by atoms with Crippen molar-refractivity contribution >= 4 is 27.9 Å². The fourth-order valence-electron chi connectivity index (χ4n) is 3.66. The molecule has 166 valence electrons. The number of fused-ring (bicyclic) bond motifs is 2. The highest BCUT2D eigenvalue weighted by molar-refractivity contribution is 5.86. The Hall–Kier alpha value is -3.54. The lowest BCUT2D eigenvalue weighted by molar-refractivity contribution is -0.150.